The summed E-state index contributed by atoms with van der Waals surface area (Å²) in [7, 11) is 0. The molecule has 2 aromatic carbocycles. The first kappa shape index (κ1) is 18.0. The molecule has 1 aromatic heterocycles. The molecular weight excluding hydrogens is 370 g/mol. The van der Waals surface area contributed by atoms with Crippen LogP contribution in [-0.2, 0) is 11.2 Å². The van der Waals surface area contributed by atoms with Crippen molar-refractivity contribution in [2.45, 2.75) is 11.6 Å². The quantitative estimate of drug-likeness (QED) is 0.633. The van der Waals surface area contributed by atoms with Gasteiger partial charge in [0.2, 0.25) is 11.1 Å². The molecule has 0 spiro atoms. The van der Waals surface area contributed by atoms with Crippen LogP contribution >= 0.6 is 23.4 Å². The van der Waals surface area contributed by atoms with Crippen molar-refractivity contribution in [2.24, 2.45) is 0 Å². The molecule has 0 atom stereocenters. The first-order chi connectivity index (χ1) is 12.6. The molecule has 0 aliphatic rings. The molecule has 0 bridgehead atoms. The number of anilines is 1. The van der Waals surface area contributed by atoms with Gasteiger partial charge in [0.15, 0.2) is 0 Å². The first-order valence-electron chi connectivity index (χ1n) is 7.71. The minimum atomic E-state index is -0.261. The monoisotopic (exact) mass is 383 g/mol. The van der Waals surface area contributed by atoms with Gasteiger partial charge in [0.05, 0.1) is 17.0 Å². The molecule has 1 heterocycles. The van der Waals surface area contributed by atoms with Crippen molar-refractivity contribution < 1.29 is 4.79 Å². The second kappa shape index (κ2) is 8.52. The van der Waals surface area contributed by atoms with Crippen molar-refractivity contribution >= 4 is 35.0 Å². The molecule has 2 N–H and O–H groups in total. The molecule has 0 saturated heterocycles. The molecule has 0 aliphatic heterocycles. The summed E-state index contributed by atoms with van der Waals surface area (Å²) < 4.78 is 0. The van der Waals surface area contributed by atoms with Crippen LogP contribution in [0, 0.1) is 11.3 Å². The number of benzene rings is 2. The lowest BCUT2D eigenvalue weighted by molar-refractivity contribution is -0.113. The highest BCUT2D eigenvalue weighted by Crippen LogP contribution is 2.21. The van der Waals surface area contributed by atoms with E-state index in [1.807, 2.05) is 36.4 Å². The number of hydrogen-bond acceptors (Lipinski definition) is 5. The zero-order valence-corrected chi connectivity index (χ0v) is 15.1. The number of aromatic nitrogens is 3. The molecule has 6 nitrogen and oxygen atoms in total. The predicted octanol–water partition coefficient (Wildman–Crippen LogP) is 3.65. The highest BCUT2D eigenvalue weighted by Gasteiger charge is 2.11. The summed E-state index contributed by atoms with van der Waals surface area (Å²) in [5.41, 5.74) is 1.88. The molecule has 3 aromatic rings. The fourth-order valence-electron chi connectivity index (χ4n) is 2.24. The van der Waals surface area contributed by atoms with E-state index in [9.17, 15) is 4.79 Å². The molecule has 1 amide bonds. The number of H-pyrrole nitrogens is 1. The molecule has 0 aliphatic carbocycles. The van der Waals surface area contributed by atoms with Crippen LogP contribution in [0.2, 0.25) is 5.02 Å². The zero-order chi connectivity index (χ0) is 18.4. The van der Waals surface area contributed by atoms with Gasteiger partial charge in [-0.25, -0.2) is 4.98 Å². The van der Waals surface area contributed by atoms with E-state index >= 15 is 0 Å². The van der Waals surface area contributed by atoms with Crippen LogP contribution < -0.4 is 5.32 Å². The Morgan fingerprint density at radius 1 is 1.27 bits per heavy atom. The van der Waals surface area contributed by atoms with E-state index in [0.717, 1.165) is 11.4 Å². The number of rotatable bonds is 6. The van der Waals surface area contributed by atoms with E-state index in [4.69, 9.17) is 16.9 Å². The first-order valence-corrected chi connectivity index (χ1v) is 9.08. The van der Waals surface area contributed by atoms with Crippen molar-refractivity contribution in [3.63, 3.8) is 0 Å². The summed E-state index contributed by atoms with van der Waals surface area (Å²) in [6, 6.07) is 16.7. The van der Waals surface area contributed by atoms with Crippen molar-refractivity contribution in [3.05, 3.63) is 70.5 Å². The second-order valence-electron chi connectivity index (χ2n) is 5.37. The minimum absolute atomic E-state index is 0.125. The topological polar surface area (TPSA) is 94.5 Å². The summed E-state index contributed by atoms with van der Waals surface area (Å²) in [4.78, 5) is 16.5. The second-order valence-corrected chi connectivity index (χ2v) is 6.74. The van der Waals surface area contributed by atoms with Crippen LogP contribution in [0.15, 0.2) is 53.7 Å². The van der Waals surface area contributed by atoms with E-state index in [2.05, 4.69) is 20.5 Å². The number of halogens is 1. The molecule has 0 radical (unpaired) electrons. The van der Waals surface area contributed by atoms with Gasteiger partial charge < -0.3 is 5.32 Å². The van der Waals surface area contributed by atoms with Crippen molar-refractivity contribution in [1.29, 1.82) is 5.26 Å². The average Bonchev–Trinajstić information content (AvgIpc) is 3.08. The van der Waals surface area contributed by atoms with Gasteiger partial charge >= 0.3 is 0 Å². The van der Waals surface area contributed by atoms with Crippen LogP contribution in [0.4, 0.5) is 5.69 Å². The van der Waals surface area contributed by atoms with E-state index in [1.165, 1.54) is 11.8 Å². The SMILES string of the molecule is N#Cc1ccc(Cl)cc1NC(=O)CSc1n[nH]c(Cc2ccccc2)n1. The number of amides is 1. The Morgan fingerprint density at radius 2 is 2.08 bits per heavy atom. The van der Waals surface area contributed by atoms with Crippen molar-refractivity contribution in [3.8, 4) is 6.07 Å². The van der Waals surface area contributed by atoms with Crippen LogP contribution in [0.5, 0.6) is 0 Å². The summed E-state index contributed by atoms with van der Waals surface area (Å²) in [6.45, 7) is 0. The van der Waals surface area contributed by atoms with Gasteiger partial charge in [0, 0.05) is 11.4 Å². The van der Waals surface area contributed by atoms with Gasteiger partial charge in [0.25, 0.3) is 0 Å². The predicted molar refractivity (Wildman–Crippen MR) is 101 cm³/mol. The maximum absolute atomic E-state index is 12.1. The zero-order valence-electron chi connectivity index (χ0n) is 13.6. The third kappa shape index (κ3) is 4.85. The van der Waals surface area contributed by atoms with Crippen LogP contribution in [-0.4, -0.2) is 26.8 Å². The number of carbonyl (C=O) groups excluding carboxylic acids is 1. The lowest BCUT2D eigenvalue weighted by atomic mass is 10.1. The molecule has 130 valence electrons. The lowest BCUT2D eigenvalue weighted by Gasteiger charge is -2.06. The molecular formula is C18H14ClN5OS. The van der Waals surface area contributed by atoms with E-state index in [0.29, 0.717) is 27.9 Å². The van der Waals surface area contributed by atoms with Gasteiger partial charge in [-0.05, 0) is 23.8 Å². The molecule has 0 unspecified atom stereocenters. The Kier molecular flexibility index (Phi) is 5.89. The minimum Gasteiger partial charge on any atom is -0.324 e. The largest absolute Gasteiger partial charge is 0.324 e. The highest BCUT2D eigenvalue weighted by atomic mass is 35.5. The number of nitrogens with one attached hydrogen (secondary N) is 2. The van der Waals surface area contributed by atoms with E-state index in [1.54, 1.807) is 18.2 Å². The lowest BCUT2D eigenvalue weighted by Crippen LogP contribution is -2.15. The molecule has 0 fully saturated rings. The van der Waals surface area contributed by atoms with Gasteiger partial charge in [-0.2, -0.15) is 5.26 Å². The highest BCUT2D eigenvalue weighted by molar-refractivity contribution is 7.99. The summed E-state index contributed by atoms with van der Waals surface area (Å²) in [5.74, 6) is 0.601. The maximum Gasteiger partial charge on any atom is 0.234 e. The van der Waals surface area contributed by atoms with Gasteiger partial charge in [0.1, 0.15) is 11.9 Å². The average molecular weight is 384 g/mol. The molecule has 26 heavy (non-hydrogen) atoms. The van der Waals surface area contributed by atoms with Crippen molar-refractivity contribution in [2.75, 3.05) is 11.1 Å². The fourth-order valence-corrected chi connectivity index (χ4v) is 3.03. The third-order valence-corrected chi connectivity index (χ3v) is 4.52. The molecule has 8 heteroatoms. The number of hydrogen-bond donors (Lipinski definition) is 2. The van der Waals surface area contributed by atoms with Crippen LogP contribution in [0.25, 0.3) is 0 Å². The Labute approximate surface area is 159 Å². The standard InChI is InChI=1S/C18H14ClN5OS/c19-14-7-6-13(10-20)15(9-14)21-17(25)11-26-18-22-16(23-24-18)8-12-4-2-1-3-5-12/h1-7,9H,8,11H2,(H,21,25)(H,22,23,24). The fraction of sp³-hybridized carbons (Fsp3) is 0.111. The van der Waals surface area contributed by atoms with E-state index in [-0.39, 0.29) is 11.7 Å². The number of carbonyl (C=O) groups is 1. The van der Waals surface area contributed by atoms with Gasteiger partial charge in [-0.1, -0.05) is 53.7 Å². The van der Waals surface area contributed by atoms with Gasteiger partial charge in [-0.3, -0.25) is 9.89 Å². The molecule has 0 saturated carbocycles. The Bertz CT molecular complexity index is 952. The Balaban J connectivity index is 1.55. The number of nitrogens with zero attached hydrogens (tertiary/aromatic N) is 3. The maximum atomic E-state index is 12.1. The molecule has 3 rings (SSSR count). The summed E-state index contributed by atoms with van der Waals surface area (Å²) in [6.07, 6.45) is 0.647. The Morgan fingerprint density at radius 3 is 2.85 bits per heavy atom. The summed E-state index contributed by atoms with van der Waals surface area (Å²) >= 11 is 7.12. The van der Waals surface area contributed by atoms with Crippen LogP contribution in [0.3, 0.4) is 0 Å². The number of nitriles is 1. The van der Waals surface area contributed by atoms with Gasteiger partial charge in [-0.15, -0.1) is 5.10 Å². The van der Waals surface area contributed by atoms with Crippen molar-refractivity contribution in [1.82, 2.24) is 15.2 Å². The Hall–Kier alpha value is -2.82. The summed E-state index contributed by atoms with van der Waals surface area (Å²) in [5, 5.41) is 19.7. The smallest absolute Gasteiger partial charge is 0.234 e. The third-order valence-electron chi connectivity index (χ3n) is 3.43. The number of thioether (sulfide) groups is 1. The van der Waals surface area contributed by atoms with E-state index < -0.39 is 0 Å². The van der Waals surface area contributed by atoms with Crippen LogP contribution in [0.1, 0.15) is 17.0 Å². The number of aromatic amines is 1. The normalized spacial score (nSPS) is 10.3.